The molecule has 0 aliphatic carbocycles. The fourth-order valence-corrected chi connectivity index (χ4v) is 4.44. The summed E-state index contributed by atoms with van der Waals surface area (Å²) in [5.41, 5.74) is 1.05. The summed E-state index contributed by atoms with van der Waals surface area (Å²) < 4.78 is 45.8. The van der Waals surface area contributed by atoms with Crippen LogP contribution < -0.4 is 19.9 Å². The molecule has 2 aromatic heterocycles. The minimum absolute atomic E-state index is 0.216. The number of alkyl halides is 3. The minimum Gasteiger partial charge on any atom is -0.497 e. The van der Waals surface area contributed by atoms with E-state index in [1.807, 2.05) is 45.0 Å². The Morgan fingerprint density at radius 3 is 2.35 bits per heavy atom. The molecule has 8 nitrogen and oxygen atoms in total. The zero-order valence-electron chi connectivity index (χ0n) is 22.1. The van der Waals surface area contributed by atoms with E-state index in [9.17, 15) is 13.2 Å². The lowest BCUT2D eigenvalue weighted by atomic mass is 9.92. The Hall–Kier alpha value is -3.50. The molecule has 1 fully saturated rings. The maximum absolute atomic E-state index is 13.2. The maximum Gasteiger partial charge on any atom is 0.408 e. The van der Waals surface area contributed by atoms with Gasteiger partial charge in [0.05, 0.1) is 18.3 Å². The van der Waals surface area contributed by atoms with Crippen LogP contribution in [0.5, 0.6) is 5.75 Å². The van der Waals surface area contributed by atoms with E-state index in [0.717, 1.165) is 22.7 Å². The van der Waals surface area contributed by atoms with Gasteiger partial charge in [0, 0.05) is 43.0 Å². The lowest BCUT2D eigenvalue weighted by Gasteiger charge is -2.48. The summed E-state index contributed by atoms with van der Waals surface area (Å²) >= 11 is 0. The summed E-state index contributed by atoms with van der Waals surface area (Å²) in [6.45, 7) is 11.0. The quantitative estimate of drug-likeness (QED) is 0.470. The molecular formula is C26H34F3N7O. The van der Waals surface area contributed by atoms with Crippen molar-refractivity contribution in [1.29, 1.82) is 0 Å². The zero-order chi connectivity index (χ0) is 27.0. The number of nitrogens with one attached hydrogen (secondary N) is 1. The van der Waals surface area contributed by atoms with Gasteiger partial charge >= 0.3 is 6.18 Å². The summed E-state index contributed by atoms with van der Waals surface area (Å²) in [6, 6.07) is 11.3. The van der Waals surface area contributed by atoms with Gasteiger partial charge in [-0.05, 0) is 44.2 Å². The molecule has 0 unspecified atom stereocenters. The number of aromatic nitrogens is 4. The molecule has 0 spiro atoms. The van der Waals surface area contributed by atoms with E-state index in [1.165, 1.54) is 0 Å². The Kier molecular flexibility index (Phi) is 7.00. The standard InChI is InChI=1S/C26H34F3N7O/c1-24(2,3)20-15-22(36(33-20)17-26(27,28)29)31-21-11-12-30-23(32-21)34-13-14-35(25(4,5)16-34)18-7-9-19(37-6)10-8-18/h7-12,15H,13-14,16-17H2,1-6H3,(H,30,31,32). The average Bonchev–Trinajstić information content (AvgIpc) is 3.20. The highest BCUT2D eigenvalue weighted by Crippen LogP contribution is 2.32. The molecule has 0 atom stereocenters. The highest BCUT2D eigenvalue weighted by molar-refractivity contribution is 5.56. The van der Waals surface area contributed by atoms with Gasteiger partial charge in [-0.3, -0.25) is 0 Å². The summed E-state index contributed by atoms with van der Waals surface area (Å²) in [7, 11) is 1.65. The highest BCUT2D eigenvalue weighted by atomic mass is 19.4. The van der Waals surface area contributed by atoms with Gasteiger partial charge in [0.25, 0.3) is 0 Å². The smallest absolute Gasteiger partial charge is 0.408 e. The first-order valence-electron chi connectivity index (χ1n) is 12.2. The van der Waals surface area contributed by atoms with Crippen LogP contribution in [0.25, 0.3) is 0 Å². The number of piperazine rings is 1. The Morgan fingerprint density at radius 2 is 1.76 bits per heavy atom. The van der Waals surface area contributed by atoms with Crippen molar-refractivity contribution in [3.05, 3.63) is 48.3 Å². The van der Waals surface area contributed by atoms with Crippen LogP contribution in [-0.2, 0) is 12.0 Å². The van der Waals surface area contributed by atoms with Gasteiger partial charge in [0.2, 0.25) is 5.95 Å². The Labute approximate surface area is 215 Å². The van der Waals surface area contributed by atoms with Crippen LogP contribution in [-0.4, -0.2) is 58.2 Å². The van der Waals surface area contributed by atoms with Crippen molar-refractivity contribution in [3.8, 4) is 5.75 Å². The molecule has 0 radical (unpaired) electrons. The molecule has 3 aromatic rings. The van der Waals surface area contributed by atoms with Gasteiger partial charge in [-0.15, -0.1) is 0 Å². The van der Waals surface area contributed by atoms with Crippen LogP contribution in [0.3, 0.4) is 0 Å². The number of benzene rings is 1. The molecule has 37 heavy (non-hydrogen) atoms. The zero-order valence-corrected chi connectivity index (χ0v) is 22.1. The third kappa shape index (κ3) is 6.26. The molecular weight excluding hydrogens is 483 g/mol. The summed E-state index contributed by atoms with van der Waals surface area (Å²) in [6.07, 6.45) is -2.79. The van der Waals surface area contributed by atoms with Gasteiger partial charge in [-0.2, -0.15) is 23.3 Å². The van der Waals surface area contributed by atoms with Crippen LogP contribution in [0, 0.1) is 0 Å². The second kappa shape index (κ2) is 9.75. The lowest BCUT2D eigenvalue weighted by Crippen LogP contribution is -2.60. The molecule has 3 heterocycles. The van der Waals surface area contributed by atoms with Crippen molar-refractivity contribution in [2.24, 2.45) is 0 Å². The molecule has 4 rings (SSSR count). The third-order valence-electron chi connectivity index (χ3n) is 6.35. The second-order valence-electron chi connectivity index (χ2n) is 10.9. The van der Waals surface area contributed by atoms with Crippen molar-refractivity contribution in [2.45, 2.75) is 58.3 Å². The van der Waals surface area contributed by atoms with Gasteiger partial charge in [0.15, 0.2) is 0 Å². The van der Waals surface area contributed by atoms with Crippen molar-refractivity contribution >= 4 is 23.3 Å². The van der Waals surface area contributed by atoms with Gasteiger partial charge in [-0.1, -0.05) is 20.8 Å². The number of anilines is 4. The van der Waals surface area contributed by atoms with Crippen LogP contribution in [0.1, 0.15) is 40.3 Å². The number of nitrogens with zero attached hydrogens (tertiary/aromatic N) is 6. The topological polar surface area (TPSA) is 71.3 Å². The number of hydrogen-bond donors (Lipinski definition) is 1. The molecule has 1 aliphatic heterocycles. The lowest BCUT2D eigenvalue weighted by molar-refractivity contribution is -0.142. The van der Waals surface area contributed by atoms with E-state index >= 15 is 0 Å². The van der Waals surface area contributed by atoms with E-state index in [-0.39, 0.29) is 11.4 Å². The third-order valence-corrected chi connectivity index (χ3v) is 6.35. The molecule has 200 valence electrons. The monoisotopic (exact) mass is 517 g/mol. The average molecular weight is 518 g/mol. The van der Waals surface area contributed by atoms with E-state index < -0.39 is 18.1 Å². The van der Waals surface area contributed by atoms with Crippen molar-refractivity contribution < 1.29 is 17.9 Å². The largest absolute Gasteiger partial charge is 0.497 e. The highest BCUT2D eigenvalue weighted by Gasteiger charge is 2.35. The van der Waals surface area contributed by atoms with E-state index in [0.29, 0.717) is 30.5 Å². The Balaban J connectivity index is 1.53. The van der Waals surface area contributed by atoms with E-state index in [1.54, 1.807) is 25.4 Å². The Morgan fingerprint density at radius 1 is 1.05 bits per heavy atom. The van der Waals surface area contributed by atoms with Crippen LogP contribution in [0.15, 0.2) is 42.6 Å². The molecule has 0 saturated carbocycles. The van der Waals surface area contributed by atoms with Crippen LogP contribution in [0.2, 0.25) is 0 Å². The first-order chi connectivity index (χ1) is 17.2. The summed E-state index contributed by atoms with van der Waals surface area (Å²) in [5.74, 6) is 1.97. The van der Waals surface area contributed by atoms with Crippen molar-refractivity contribution in [2.75, 3.05) is 41.9 Å². The van der Waals surface area contributed by atoms with Crippen LogP contribution >= 0.6 is 0 Å². The molecule has 1 saturated heterocycles. The fraction of sp³-hybridized carbons (Fsp3) is 0.500. The summed E-state index contributed by atoms with van der Waals surface area (Å²) in [4.78, 5) is 13.5. The number of rotatable bonds is 6. The normalized spacial score (nSPS) is 16.1. The molecule has 1 N–H and O–H groups in total. The molecule has 1 aromatic carbocycles. The molecule has 0 bridgehead atoms. The molecule has 1 aliphatic rings. The predicted molar refractivity (Wildman–Crippen MR) is 139 cm³/mol. The van der Waals surface area contributed by atoms with Gasteiger partial charge in [-0.25, -0.2) is 9.67 Å². The predicted octanol–water partition coefficient (Wildman–Crippen LogP) is 5.39. The fourth-order valence-electron chi connectivity index (χ4n) is 4.44. The van der Waals surface area contributed by atoms with E-state index in [2.05, 4.69) is 44.0 Å². The van der Waals surface area contributed by atoms with Gasteiger partial charge in [0.1, 0.15) is 23.9 Å². The Bertz CT molecular complexity index is 1220. The molecule has 11 heteroatoms. The second-order valence-corrected chi connectivity index (χ2v) is 10.9. The first kappa shape index (κ1) is 26.6. The number of ether oxygens (including phenoxy) is 1. The van der Waals surface area contributed by atoms with Crippen LogP contribution in [0.4, 0.5) is 36.4 Å². The maximum atomic E-state index is 13.2. The van der Waals surface area contributed by atoms with E-state index in [4.69, 9.17) is 4.74 Å². The minimum atomic E-state index is -4.40. The van der Waals surface area contributed by atoms with Crippen molar-refractivity contribution in [3.63, 3.8) is 0 Å². The number of hydrogen-bond acceptors (Lipinski definition) is 7. The summed E-state index contributed by atoms with van der Waals surface area (Å²) in [5, 5.41) is 7.24. The van der Waals surface area contributed by atoms with Gasteiger partial charge < -0.3 is 19.9 Å². The number of halogens is 3. The SMILES string of the molecule is COc1ccc(N2CCN(c3nccc(Nc4cc(C(C)(C)C)nn4CC(F)(F)F)n3)CC2(C)C)cc1. The first-order valence-corrected chi connectivity index (χ1v) is 12.2. The van der Waals surface area contributed by atoms with Crippen molar-refractivity contribution in [1.82, 2.24) is 19.7 Å². The molecule has 0 amide bonds. The number of methoxy groups -OCH3 is 1.